The van der Waals surface area contributed by atoms with Gasteiger partial charge in [0.05, 0.1) is 17.7 Å². The van der Waals surface area contributed by atoms with Gasteiger partial charge >= 0.3 is 0 Å². The zero-order valence-electron chi connectivity index (χ0n) is 21.8. The lowest BCUT2D eigenvalue weighted by atomic mass is 10.1. The molecule has 1 atom stereocenters. The number of hydrogen-bond donors (Lipinski definition) is 1. The highest BCUT2D eigenvalue weighted by Gasteiger charge is 2.33. The van der Waals surface area contributed by atoms with Gasteiger partial charge in [0.15, 0.2) is 0 Å². The van der Waals surface area contributed by atoms with E-state index in [0.29, 0.717) is 5.75 Å². The Morgan fingerprint density at radius 2 is 1.62 bits per heavy atom. The summed E-state index contributed by atoms with van der Waals surface area (Å²) in [7, 11) is -1.21. The molecule has 0 saturated heterocycles. The first-order chi connectivity index (χ1) is 17.6. The lowest BCUT2D eigenvalue weighted by Crippen LogP contribution is -2.50. The minimum atomic E-state index is -4.16. The van der Waals surface area contributed by atoms with Crippen molar-refractivity contribution in [3.8, 4) is 5.75 Å². The van der Waals surface area contributed by atoms with E-state index < -0.39 is 28.5 Å². The van der Waals surface area contributed by atoms with Crippen LogP contribution in [-0.4, -0.2) is 51.9 Å². The van der Waals surface area contributed by atoms with Crippen LogP contribution in [0.5, 0.6) is 5.75 Å². The van der Waals surface area contributed by atoms with Gasteiger partial charge in [-0.2, -0.15) is 0 Å². The SMILES string of the molecule is CNC(=O)C(C)N(Cc1cccc(C)c1)C(=O)CN(c1cc(C)ccc1OC)S(=O)(=O)c1ccccc1. The van der Waals surface area contributed by atoms with Crippen LogP contribution >= 0.6 is 0 Å². The summed E-state index contributed by atoms with van der Waals surface area (Å²) in [5.74, 6) is -0.574. The number of nitrogens with one attached hydrogen (secondary N) is 1. The van der Waals surface area contributed by atoms with Crippen molar-refractivity contribution in [2.24, 2.45) is 0 Å². The summed E-state index contributed by atoms with van der Waals surface area (Å²) in [6.07, 6.45) is 0. The molecule has 1 N–H and O–H groups in total. The Bertz CT molecular complexity index is 1360. The van der Waals surface area contributed by atoms with Gasteiger partial charge in [0, 0.05) is 13.6 Å². The van der Waals surface area contributed by atoms with Crippen molar-refractivity contribution in [1.29, 1.82) is 0 Å². The summed E-state index contributed by atoms with van der Waals surface area (Å²) in [6, 6.07) is 19.8. The third-order valence-corrected chi connectivity index (χ3v) is 7.84. The van der Waals surface area contributed by atoms with Crippen molar-refractivity contribution in [3.05, 3.63) is 89.5 Å². The molecule has 0 saturated carbocycles. The van der Waals surface area contributed by atoms with Crippen LogP contribution < -0.4 is 14.4 Å². The monoisotopic (exact) mass is 523 g/mol. The number of likely N-dealkylation sites (N-methyl/N-ethyl adjacent to an activating group) is 1. The zero-order valence-corrected chi connectivity index (χ0v) is 22.6. The maximum absolute atomic E-state index is 13.9. The quantitative estimate of drug-likeness (QED) is 0.438. The van der Waals surface area contributed by atoms with Crippen LogP contribution in [0.4, 0.5) is 5.69 Å². The molecule has 0 aliphatic carbocycles. The second kappa shape index (κ2) is 11.9. The normalized spacial score (nSPS) is 11.9. The Morgan fingerprint density at radius 1 is 0.946 bits per heavy atom. The average molecular weight is 524 g/mol. The van der Waals surface area contributed by atoms with Gasteiger partial charge in [0.1, 0.15) is 18.3 Å². The number of amides is 2. The molecule has 1 unspecified atom stereocenters. The standard InChI is InChI=1S/C28H33N3O5S/c1-20-10-9-11-23(16-20)18-30(22(3)28(33)29-4)27(32)19-31(25-17-21(2)14-15-26(25)36-5)37(34,35)24-12-7-6-8-13-24/h6-17,22H,18-19H2,1-5H3,(H,29,33). The molecule has 0 heterocycles. The first kappa shape index (κ1) is 27.7. The molecule has 2 amide bonds. The van der Waals surface area contributed by atoms with Crippen molar-refractivity contribution in [3.63, 3.8) is 0 Å². The molecule has 3 aromatic carbocycles. The number of ether oxygens (including phenoxy) is 1. The first-order valence-electron chi connectivity index (χ1n) is 11.9. The maximum atomic E-state index is 13.9. The van der Waals surface area contributed by atoms with E-state index in [2.05, 4.69) is 5.32 Å². The number of methoxy groups -OCH3 is 1. The molecule has 0 bridgehead atoms. The van der Waals surface area contributed by atoms with Crippen LogP contribution in [0.2, 0.25) is 0 Å². The van der Waals surface area contributed by atoms with E-state index in [1.165, 1.54) is 31.2 Å². The number of carbonyl (C=O) groups excluding carboxylic acids is 2. The third kappa shape index (κ3) is 6.48. The van der Waals surface area contributed by atoms with E-state index in [1.807, 2.05) is 38.1 Å². The Labute approximate surface area is 218 Å². The third-order valence-electron chi connectivity index (χ3n) is 6.06. The van der Waals surface area contributed by atoms with Crippen LogP contribution in [0.3, 0.4) is 0 Å². The summed E-state index contributed by atoms with van der Waals surface area (Å²) < 4.78 is 34.2. The average Bonchev–Trinajstić information content (AvgIpc) is 2.89. The number of rotatable bonds is 10. The molecule has 8 nitrogen and oxygen atoms in total. The van der Waals surface area contributed by atoms with Crippen LogP contribution in [-0.2, 0) is 26.2 Å². The smallest absolute Gasteiger partial charge is 0.264 e. The van der Waals surface area contributed by atoms with Crippen molar-refractivity contribution < 1.29 is 22.7 Å². The maximum Gasteiger partial charge on any atom is 0.264 e. The predicted octanol–water partition coefficient (Wildman–Crippen LogP) is 3.67. The van der Waals surface area contributed by atoms with Gasteiger partial charge in [-0.3, -0.25) is 13.9 Å². The zero-order chi connectivity index (χ0) is 27.2. The molecule has 37 heavy (non-hydrogen) atoms. The Balaban J connectivity index is 2.10. The Morgan fingerprint density at radius 3 is 2.24 bits per heavy atom. The number of nitrogens with zero attached hydrogens (tertiary/aromatic N) is 2. The minimum Gasteiger partial charge on any atom is -0.495 e. The summed E-state index contributed by atoms with van der Waals surface area (Å²) in [5.41, 5.74) is 2.87. The fourth-order valence-electron chi connectivity index (χ4n) is 4.03. The van der Waals surface area contributed by atoms with Crippen molar-refractivity contribution in [2.75, 3.05) is 25.0 Å². The van der Waals surface area contributed by atoms with Gasteiger partial charge in [-0.15, -0.1) is 0 Å². The number of anilines is 1. The van der Waals surface area contributed by atoms with Crippen LogP contribution in [0, 0.1) is 13.8 Å². The van der Waals surface area contributed by atoms with Crippen molar-refractivity contribution in [1.82, 2.24) is 10.2 Å². The number of carbonyl (C=O) groups is 2. The fourth-order valence-corrected chi connectivity index (χ4v) is 5.46. The summed E-state index contributed by atoms with van der Waals surface area (Å²) >= 11 is 0. The van der Waals surface area contributed by atoms with Gasteiger partial charge in [-0.25, -0.2) is 8.42 Å². The highest BCUT2D eigenvalue weighted by atomic mass is 32.2. The molecule has 0 aromatic heterocycles. The highest BCUT2D eigenvalue weighted by molar-refractivity contribution is 7.92. The molecular formula is C28H33N3O5S. The summed E-state index contributed by atoms with van der Waals surface area (Å²) in [4.78, 5) is 27.8. The molecule has 3 aromatic rings. The van der Waals surface area contributed by atoms with E-state index in [0.717, 1.165) is 21.0 Å². The molecule has 0 aliphatic heterocycles. The van der Waals surface area contributed by atoms with Crippen LogP contribution in [0.25, 0.3) is 0 Å². The largest absolute Gasteiger partial charge is 0.495 e. The Hall–Kier alpha value is -3.85. The molecule has 0 radical (unpaired) electrons. The Kier molecular flexibility index (Phi) is 8.94. The van der Waals surface area contributed by atoms with E-state index in [-0.39, 0.29) is 23.0 Å². The minimum absolute atomic E-state index is 0.0379. The van der Waals surface area contributed by atoms with Gasteiger partial charge in [-0.1, -0.05) is 54.1 Å². The second-order valence-electron chi connectivity index (χ2n) is 8.80. The van der Waals surface area contributed by atoms with Gasteiger partial charge in [-0.05, 0) is 56.2 Å². The van der Waals surface area contributed by atoms with Crippen molar-refractivity contribution in [2.45, 2.75) is 38.3 Å². The number of aryl methyl sites for hydroxylation is 2. The highest BCUT2D eigenvalue weighted by Crippen LogP contribution is 2.33. The number of hydrogen-bond acceptors (Lipinski definition) is 5. The molecule has 0 aliphatic rings. The topological polar surface area (TPSA) is 96.0 Å². The van der Waals surface area contributed by atoms with Gasteiger partial charge < -0.3 is 15.0 Å². The van der Waals surface area contributed by atoms with Crippen LogP contribution in [0.1, 0.15) is 23.6 Å². The molecule has 0 spiro atoms. The van der Waals surface area contributed by atoms with E-state index >= 15 is 0 Å². The summed E-state index contributed by atoms with van der Waals surface area (Å²) in [6.45, 7) is 5.01. The van der Waals surface area contributed by atoms with Crippen LogP contribution in [0.15, 0.2) is 77.7 Å². The van der Waals surface area contributed by atoms with E-state index in [4.69, 9.17) is 4.74 Å². The molecule has 3 rings (SSSR count). The summed E-state index contributed by atoms with van der Waals surface area (Å²) in [5, 5.41) is 2.58. The fraction of sp³-hybridized carbons (Fsp3) is 0.286. The first-order valence-corrected chi connectivity index (χ1v) is 13.3. The lowest BCUT2D eigenvalue weighted by molar-refractivity contribution is -0.139. The molecule has 9 heteroatoms. The molecule has 196 valence electrons. The van der Waals surface area contributed by atoms with Crippen molar-refractivity contribution >= 4 is 27.5 Å². The predicted molar refractivity (Wildman–Crippen MR) is 144 cm³/mol. The van der Waals surface area contributed by atoms with E-state index in [1.54, 1.807) is 43.3 Å². The van der Waals surface area contributed by atoms with E-state index in [9.17, 15) is 18.0 Å². The second-order valence-corrected chi connectivity index (χ2v) is 10.7. The van der Waals surface area contributed by atoms with Gasteiger partial charge in [0.25, 0.3) is 10.0 Å². The lowest BCUT2D eigenvalue weighted by Gasteiger charge is -2.32. The number of benzene rings is 3. The molecule has 0 fully saturated rings. The number of sulfonamides is 1. The van der Waals surface area contributed by atoms with Gasteiger partial charge in [0.2, 0.25) is 11.8 Å². The molecular weight excluding hydrogens is 490 g/mol.